The molecule has 168 valence electrons. The Morgan fingerprint density at radius 3 is 2.35 bits per heavy atom. The largest absolute Gasteiger partial charge is 0.392 e. The van der Waals surface area contributed by atoms with Crippen molar-refractivity contribution in [2.45, 2.75) is 39.2 Å². The van der Waals surface area contributed by atoms with Crippen molar-refractivity contribution in [1.29, 1.82) is 0 Å². The fraction of sp³-hybridized carbons (Fsp3) is 0.480. The molecule has 1 amide bonds. The number of carbonyl (C=O) groups excluding carboxylic acids is 1. The molecule has 0 bridgehead atoms. The number of β-amino-alcohol motifs (C(OH)–C–C–N with tert-alkyl or cyclic N) is 1. The minimum atomic E-state index is -0.332. The van der Waals surface area contributed by atoms with Gasteiger partial charge in [0, 0.05) is 43.4 Å². The third-order valence-corrected chi connectivity index (χ3v) is 6.36. The monoisotopic (exact) mass is 443 g/mol. The molecule has 0 aliphatic carbocycles. The van der Waals surface area contributed by atoms with Crippen LogP contribution in [0.15, 0.2) is 42.5 Å². The van der Waals surface area contributed by atoms with Gasteiger partial charge in [-0.05, 0) is 55.9 Å². The van der Waals surface area contributed by atoms with Crippen molar-refractivity contribution in [3.63, 3.8) is 0 Å². The van der Waals surface area contributed by atoms with Crippen LogP contribution in [0.4, 0.5) is 5.69 Å². The summed E-state index contributed by atoms with van der Waals surface area (Å²) in [4.78, 5) is 17.0. The minimum Gasteiger partial charge on any atom is -0.392 e. The lowest BCUT2D eigenvalue weighted by Gasteiger charge is -2.35. The zero-order valence-corrected chi connectivity index (χ0v) is 19.4. The fourth-order valence-electron chi connectivity index (χ4n) is 4.14. The Morgan fingerprint density at radius 2 is 1.68 bits per heavy atom. The number of hydrogen-bond donors (Lipinski definition) is 2. The maximum atomic E-state index is 12.5. The van der Waals surface area contributed by atoms with Crippen molar-refractivity contribution in [1.82, 2.24) is 9.80 Å². The topological polar surface area (TPSA) is 55.8 Å². The highest BCUT2D eigenvalue weighted by atomic mass is 35.5. The number of para-hydroxylation sites is 1. The van der Waals surface area contributed by atoms with E-state index in [1.54, 1.807) is 0 Å². The van der Waals surface area contributed by atoms with E-state index in [4.69, 9.17) is 11.6 Å². The molecule has 31 heavy (non-hydrogen) atoms. The van der Waals surface area contributed by atoms with Gasteiger partial charge in [0.15, 0.2) is 0 Å². The number of nitrogens with zero attached hydrogens (tertiary/aromatic N) is 2. The van der Waals surface area contributed by atoms with Gasteiger partial charge < -0.3 is 10.4 Å². The van der Waals surface area contributed by atoms with Gasteiger partial charge in [-0.25, -0.2) is 0 Å². The van der Waals surface area contributed by atoms with Crippen LogP contribution >= 0.6 is 11.6 Å². The Bertz CT molecular complexity index is 845. The van der Waals surface area contributed by atoms with Crippen molar-refractivity contribution in [2.75, 3.05) is 44.6 Å². The quantitative estimate of drug-likeness (QED) is 0.617. The highest BCUT2D eigenvalue weighted by Gasteiger charge is 2.21. The predicted molar refractivity (Wildman–Crippen MR) is 128 cm³/mol. The lowest BCUT2D eigenvalue weighted by atomic mass is 10.1. The molecule has 1 unspecified atom stereocenters. The number of carbonyl (C=O) groups is 1. The number of nitrogens with one attached hydrogen (secondary N) is 1. The van der Waals surface area contributed by atoms with Crippen molar-refractivity contribution in [3.8, 4) is 0 Å². The molecule has 3 rings (SSSR count). The average Bonchev–Trinajstić information content (AvgIpc) is 2.74. The van der Waals surface area contributed by atoms with Gasteiger partial charge in [0.1, 0.15) is 0 Å². The number of rotatable bonds is 9. The molecule has 0 saturated carbocycles. The molecule has 5 nitrogen and oxygen atoms in total. The summed E-state index contributed by atoms with van der Waals surface area (Å²) >= 11 is 6.20. The van der Waals surface area contributed by atoms with E-state index < -0.39 is 0 Å². The van der Waals surface area contributed by atoms with Gasteiger partial charge >= 0.3 is 0 Å². The van der Waals surface area contributed by atoms with E-state index in [2.05, 4.69) is 15.1 Å². The molecular weight excluding hydrogens is 410 g/mol. The molecule has 6 heteroatoms. The normalized spacial score (nSPS) is 16.3. The smallest absolute Gasteiger partial charge is 0.238 e. The number of hydrogen-bond acceptors (Lipinski definition) is 4. The lowest BCUT2D eigenvalue weighted by molar-refractivity contribution is -0.117. The van der Waals surface area contributed by atoms with Crippen LogP contribution in [0.25, 0.3) is 0 Å². The molecule has 2 aromatic carbocycles. The van der Waals surface area contributed by atoms with Crippen LogP contribution in [0.3, 0.4) is 0 Å². The number of amides is 1. The highest BCUT2D eigenvalue weighted by Crippen LogP contribution is 2.20. The van der Waals surface area contributed by atoms with E-state index in [1.807, 2.05) is 56.3 Å². The number of aryl methyl sites for hydroxylation is 3. The molecule has 1 aliphatic rings. The zero-order valence-electron chi connectivity index (χ0n) is 18.6. The number of aliphatic hydroxyl groups excluding tert-OH is 1. The van der Waals surface area contributed by atoms with E-state index in [0.29, 0.717) is 13.1 Å². The van der Waals surface area contributed by atoms with Crippen LogP contribution in [0.5, 0.6) is 0 Å². The number of aliphatic hydroxyl groups is 1. The molecule has 0 radical (unpaired) electrons. The number of benzene rings is 2. The third-order valence-electron chi connectivity index (χ3n) is 5.99. The second kappa shape index (κ2) is 11.6. The van der Waals surface area contributed by atoms with Crippen LogP contribution in [0.2, 0.25) is 5.02 Å². The summed E-state index contributed by atoms with van der Waals surface area (Å²) < 4.78 is 0. The molecule has 1 atom stereocenters. The Balaban J connectivity index is 1.34. The van der Waals surface area contributed by atoms with Crippen molar-refractivity contribution in [3.05, 3.63) is 64.2 Å². The summed E-state index contributed by atoms with van der Waals surface area (Å²) in [5.74, 6) is 0.0328. The molecule has 2 N–H and O–H groups in total. The average molecular weight is 444 g/mol. The molecule has 0 aromatic heterocycles. The predicted octanol–water partition coefficient (Wildman–Crippen LogP) is 3.90. The van der Waals surface area contributed by atoms with E-state index in [0.717, 1.165) is 72.8 Å². The first-order valence-corrected chi connectivity index (χ1v) is 11.5. The molecular formula is C25H34ClN3O2. The number of piperazine rings is 1. The zero-order chi connectivity index (χ0) is 22.2. The van der Waals surface area contributed by atoms with Gasteiger partial charge in [-0.2, -0.15) is 0 Å². The van der Waals surface area contributed by atoms with Gasteiger partial charge in [-0.3, -0.25) is 14.6 Å². The maximum absolute atomic E-state index is 12.5. The van der Waals surface area contributed by atoms with E-state index in [9.17, 15) is 9.90 Å². The Labute approximate surface area is 191 Å². The SMILES string of the molecule is Cc1cccc(C)c1NC(=O)CN1CCN(CC(O)CCCc2ccccc2Cl)CC1. The fourth-order valence-corrected chi connectivity index (χ4v) is 4.37. The second-order valence-electron chi connectivity index (χ2n) is 8.53. The second-order valence-corrected chi connectivity index (χ2v) is 8.94. The molecule has 1 heterocycles. The van der Waals surface area contributed by atoms with Crippen molar-refractivity contribution in [2.24, 2.45) is 0 Å². The molecule has 1 aliphatic heterocycles. The summed E-state index contributed by atoms with van der Waals surface area (Å²) in [5, 5.41) is 14.3. The van der Waals surface area contributed by atoms with Gasteiger partial charge in [-0.15, -0.1) is 0 Å². The van der Waals surface area contributed by atoms with E-state index in [1.165, 1.54) is 0 Å². The Hall–Kier alpha value is -1.92. The Kier molecular flexibility index (Phi) is 8.90. The van der Waals surface area contributed by atoms with Crippen LogP contribution in [-0.2, 0) is 11.2 Å². The van der Waals surface area contributed by atoms with Gasteiger partial charge in [0.25, 0.3) is 0 Å². The lowest BCUT2D eigenvalue weighted by Crippen LogP contribution is -2.50. The standard InChI is InChI=1S/C25H34ClN3O2/c1-19-7-5-8-20(2)25(19)27-24(31)18-29-15-13-28(14-16-29)17-22(30)11-6-10-21-9-3-4-12-23(21)26/h3-5,7-9,12,22,30H,6,10-11,13-18H2,1-2H3,(H,27,31). The molecule has 1 fully saturated rings. The first-order chi connectivity index (χ1) is 14.9. The van der Waals surface area contributed by atoms with Crippen molar-refractivity contribution < 1.29 is 9.90 Å². The van der Waals surface area contributed by atoms with E-state index in [-0.39, 0.29) is 12.0 Å². The van der Waals surface area contributed by atoms with Crippen LogP contribution < -0.4 is 5.32 Å². The number of halogens is 1. The van der Waals surface area contributed by atoms with Crippen LogP contribution in [-0.4, -0.2) is 66.2 Å². The first kappa shape index (κ1) is 23.7. The van der Waals surface area contributed by atoms with Crippen LogP contribution in [0.1, 0.15) is 29.5 Å². The van der Waals surface area contributed by atoms with Crippen LogP contribution in [0, 0.1) is 13.8 Å². The van der Waals surface area contributed by atoms with Crippen molar-refractivity contribution >= 4 is 23.2 Å². The maximum Gasteiger partial charge on any atom is 0.238 e. The van der Waals surface area contributed by atoms with Gasteiger partial charge in [0.05, 0.1) is 12.6 Å². The summed E-state index contributed by atoms with van der Waals surface area (Å²) in [6, 6.07) is 13.9. The minimum absolute atomic E-state index is 0.0328. The summed E-state index contributed by atoms with van der Waals surface area (Å²) in [6.07, 6.45) is 2.24. The Morgan fingerprint density at radius 1 is 1.03 bits per heavy atom. The molecule has 0 spiro atoms. The summed E-state index contributed by atoms with van der Waals surface area (Å²) in [6.45, 7) is 8.55. The summed E-state index contributed by atoms with van der Waals surface area (Å²) in [7, 11) is 0. The molecule has 1 saturated heterocycles. The van der Waals surface area contributed by atoms with E-state index >= 15 is 0 Å². The first-order valence-electron chi connectivity index (χ1n) is 11.1. The highest BCUT2D eigenvalue weighted by molar-refractivity contribution is 6.31. The summed E-state index contributed by atoms with van der Waals surface area (Å²) in [5.41, 5.74) is 4.23. The molecule has 2 aromatic rings. The van der Waals surface area contributed by atoms with Gasteiger partial charge in [-0.1, -0.05) is 48.0 Å². The third kappa shape index (κ3) is 7.32. The number of anilines is 1. The van der Waals surface area contributed by atoms with Gasteiger partial charge in [0.2, 0.25) is 5.91 Å².